The Kier molecular flexibility index (Phi) is 3.86. The summed E-state index contributed by atoms with van der Waals surface area (Å²) in [6, 6.07) is 5.52. The lowest BCUT2D eigenvalue weighted by molar-refractivity contribution is 0.0652. The zero-order chi connectivity index (χ0) is 11.4. The summed E-state index contributed by atoms with van der Waals surface area (Å²) in [5.41, 5.74) is 1.61. The fourth-order valence-corrected chi connectivity index (χ4v) is 1.34. The summed E-state index contributed by atoms with van der Waals surface area (Å²) in [5, 5.41) is 0. The maximum absolute atomic E-state index is 11.9. The second kappa shape index (κ2) is 4.94. The van der Waals surface area contributed by atoms with Crippen LogP contribution in [0.25, 0.3) is 0 Å². The Hall–Kier alpha value is -1.35. The van der Waals surface area contributed by atoms with E-state index in [9.17, 15) is 4.79 Å². The molecule has 0 amide bonds. The molecule has 0 aliphatic rings. The van der Waals surface area contributed by atoms with E-state index >= 15 is 0 Å². The number of aryl methyl sites for hydroxylation is 1. The molecule has 0 saturated carbocycles. The molecule has 1 aromatic rings. The summed E-state index contributed by atoms with van der Waals surface area (Å²) >= 11 is 0. The number of carbonyl (C=O) groups excluding carboxylic acids is 1. The molecule has 0 saturated heterocycles. The fraction of sp³-hybridized carbons (Fsp3) is 0.417. The van der Waals surface area contributed by atoms with Gasteiger partial charge in [-0.1, -0.05) is 11.6 Å². The third-order valence-electron chi connectivity index (χ3n) is 2.34. The summed E-state index contributed by atoms with van der Waals surface area (Å²) < 4.78 is 10.1. The maximum atomic E-state index is 11.9. The molecule has 3 heteroatoms. The lowest BCUT2D eigenvalue weighted by Crippen LogP contribution is -2.19. The van der Waals surface area contributed by atoms with E-state index in [1.807, 2.05) is 19.1 Å². The molecule has 0 aliphatic carbocycles. The van der Waals surface area contributed by atoms with Crippen LogP contribution in [0.4, 0.5) is 0 Å². The Balaban J connectivity index is 3.11. The first kappa shape index (κ1) is 11.7. The number of ether oxygens (including phenoxy) is 2. The predicted molar refractivity (Wildman–Crippen MR) is 58.5 cm³/mol. The van der Waals surface area contributed by atoms with Crippen LogP contribution in [0.5, 0.6) is 5.75 Å². The van der Waals surface area contributed by atoms with Crippen molar-refractivity contribution in [3.8, 4) is 5.75 Å². The van der Waals surface area contributed by atoms with E-state index < -0.39 is 6.10 Å². The largest absolute Gasteiger partial charge is 0.496 e. The van der Waals surface area contributed by atoms with Crippen LogP contribution in [0.15, 0.2) is 18.2 Å². The van der Waals surface area contributed by atoms with Gasteiger partial charge in [-0.3, -0.25) is 4.79 Å². The van der Waals surface area contributed by atoms with Crippen LogP contribution in [0.3, 0.4) is 0 Å². The molecule has 0 aliphatic heterocycles. The first-order valence-corrected chi connectivity index (χ1v) is 4.81. The number of Topliss-reactive ketones (excluding diaryl/α,β-unsaturated/α-hetero) is 1. The SMILES string of the molecule is COc1ccc(C)cc1C(=O)C(C)OC. The van der Waals surface area contributed by atoms with E-state index in [-0.39, 0.29) is 5.78 Å². The molecule has 0 bridgehead atoms. The van der Waals surface area contributed by atoms with Gasteiger partial charge in [-0.15, -0.1) is 0 Å². The van der Waals surface area contributed by atoms with E-state index in [2.05, 4.69) is 0 Å². The van der Waals surface area contributed by atoms with Gasteiger partial charge in [0.1, 0.15) is 11.9 Å². The second-order valence-electron chi connectivity index (χ2n) is 3.45. The number of ketones is 1. The highest BCUT2D eigenvalue weighted by Gasteiger charge is 2.18. The van der Waals surface area contributed by atoms with Crippen LogP contribution in [-0.2, 0) is 4.74 Å². The van der Waals surface area contributed by atoms with Crippen LogP contribution in [0.2, 0.25) is 0 Å². The molecule has 0 aromatic heterocycles. The van der Waals surface area contributed by atoms with Gasteiger partial charge < -0.3 is 9.47 Å². The summed E-state index contributed by atoms with van der Waals surface area (Å²) in [5.74, 6) is 0.535. The number of carbonyl (C=O) groups is 1. The van der Waals surface area contributed by atoms with Crippen molar-refractivity contribution < 1.29 is 14.3 Å². The zero-order valence-corrected chi connectivity index (χ0v) is 9.53. The average Bonchev–Trinajstić information content (AvgIpc) is 2.27. The number of rotatable bonds is 4. The Labute approximate surface area is 90.0 Å². The lowest BCUT2D eigenvalue weighted by Gasteiger charge is -2.12. The minimum atomic E-state index is -0.444. The highest BCUT2D eigenvalue weighted by Crippen LogP contribution is 2.21. The molecule has 82 valence electrons. The lowest BCUT2D eigenvalue weighted by atomic mass is 10.0. The topological polar surface area (TPSA) is 35.5 Å². The summed E-state index contributed by atoms with van der Waals surface area (Å²) in [6.07, 6.45) is -0.444. The quantitative estimate of drug-likeness (QED) is 0.712. The number of hydrogen-bond acceptors (Lipinski definition) is 3. The molecule has 15 heavy (non-hydrogen) atoms. The normalized spacial score (nSPS) is 12.3. The van der Waals surface area contributed by atoms with Gasteiger partial charge in [0.25, 0.3) is 0 Å². The molecule has 3 nitrogen and oxygen atoms in total. The van der Waals surface area contributed by atoms with Crippen molar-refractivity contribution in [1.29, 1.82) is 0 Å². The van der Waals surface area contributed by atoms with E-state index in [1.165, 1.54) is 7.11 Å². The summed E-state index contributed by atoms with van der Waals surface area (Å²) in [4.78, 5) is 11.9. The van der Waals surface area contributed by atoms with Gasteiger partial charge in [-0.25, -0.2) is 0 Å². The smallest absolute Gasteiger partial charge is 0.194 e. The first-order valence-electron chi connectivity index (χ1n) is 4.81. The van der Waals surface area contributed by atoms with E-state index in [0.717, 1.165) is 5.56 Å². The number of hydrogen-bond donors (Lipinski definition) is 0. The van der Waals surface area contributed by atoms with Crippen molar-refractivity contribution >= 4 is 5.78 Å². The first-order chi connectivity index (χ1) is 7.10. The van der Waals surface area contributed by atoms with Crippen molar-refractivity contribution in [3.05, 3.63) is 29.3 Å². The Morgan fingerprint density at radius 1 is 1.33 bits per heavy atom. The van der Waals surface area contributed by atoms with Gasteiger partial charge in [-0.2, -0.15) is 0 Å². The molecule has 0 heterocycles. The summed E-state index contributed by atoms with van der Waals surface area (Å²) in [6.45, 7) is 3.66. The molecular weight excluding hydrogens is 192 g/mol. The molecular formula is C12H16O3. The van der Waals surface area contributed by atoms with E-state index in [4.69, 9.17) is 9.47 Å². The third-order valence-corrected chi connectivity index (χ3v) is 2.34. The Morgan fingerprint density at radius 2 is 2.00 bits per heavy atom. The Bertz CT molecular complexity index is 358. The van der Waals surface area contributed by atoms with Crippen molar-refractivity contribution in [2.45, 2.75) is 20.0 Å². The number of methoxy groups -OCH3 is 2. The molecule has 1 aromatic carbocycles. The van der Waals surface area contributed by atoms with Crippen molar-refractivity contribution in [2.75, 3.05) is 14.2 Å². The molecule has 0 radical (unpaired) electrons. The molecule has 0 spiro atoms. The van der Waals surface area contributed by atoms with E-state index in [1.54, 1.807) is 20.1 Å². The maximum Gasteiger partial charge on any atom is 0.194 e. The molecule has 0 N–H and O–H groups in total. The van der Waals surface area contributed by atoms with Crippen molar-refractivity contribution in [1.82, 2.24) is 0 Å². The van der Waals surface area contributed by atoms with Crippen molar-refractivity contribution in [3.63, 3.8) is 0 Å². The second-order valence-corrected chi connectivity index (χ2v) is 3.45. The van der Waals surface area contributed by atoms with Gasteiger partial charge in [0.2, 0.25) is 0 Å². The van der Waals surface area contributed by atoms with Crippen LogP contribution < -0.4 is 4.74 Å². The van der Waals surface area contributed by atoms with Crippen LogP contribution in [0, 0.1) is 6.92 Å². The standard InChI is InChI=1S/C12H16O3/c1-8-5-6-11(15-4)10(7-8)12(13)9(2)14-3/h5-7,9H,1-4H3. The van der Waals surface area contributed by atoms with Crippen molar-refractivity contribution in [2.24, 2.45) is 0 Å². The average molecular weight is 208 g/mol. The van der Waals surface area contributed by atoms with Gasteiger partial charge in [0, 0.05) is 7.11 Å². The monoisotopic (exact) mass is 208 g/mol. The summed E-state index contributed by atoms with van der Waals surface area (Å²) in [7, 11) is 3.07. The molecule has 1 unspecified atom stereocenters. The third kappa shape index (κ3) is 2.57. The van der Waals surface area contributed by atoms with Crippen LogP contribution in [-0.4, -0.2) is 26.1 Å². The molecule has 1 atom stereocenters. The Morgan fingerprint density at radius 3 is 2.53 bits per heavy atom. The molecule has 1 rings (SSSR count). The van der Waals surface area contributed by atoms with Crippen LogP contribution >= 0.6 is 0 Å². The fourth-order valence-electron chi connectivity index (χ4n) is 1.34. The van der Waals surface area contributed by atoms with E-state index in [0.29, 0.717) is 11.3 Å². The zero-order valence-electron chi connectivity index (χ0n) is 9.53. The highest BCUT2D eigenvalue weighted by atomic mass is 16.5. The minimum Gasteiger partial charge on any atom is -0.496 e. The van der Waals surface area contributed by atoms with Gasteiger partial charge >= 0.3 is 0 Å². The van der Waals surface area contributed by atoms with Gasteiger partial charge in [0.15, 0.2) is 5.78 Å². The van der Waals surface area contributed by atoms with Crippen LogP contribution in [0.1, 0.15) is 22.8 Å². The number of benzene rings is 1. The minimum absolute atomic E-state index is 0.0574. The predicted octanol–water partition coefficient (Wildman–Crippen LogP) is 2.22. The molecule has 0 fully saturated rings. The highest BCUT2D eigenvalue weighted by molar-refractivity contribution is 6.01. The van der Waals surface area contributed by atoms with Gasteiger partial charge in [0.05, 0.1) is 12.7 Å². The van der Waals surface area contributed by atoms with Gasteiger partial charge in [-0.05, 0) is 26.0 Å².